The molecule has 3 rings (SSSR count). The predicted octanol–water partition coefficient (Wildman–Crippen LogP) is 3.53. The number of benzene rings is 1. The molecule has 0 atom stereocenters. The van der Waals surface area contributed by atoms with Crippen LogP contribution < -0.4 is 0 Å². The van der Waals surface area contributed by atoms with Gasteiger partial charge in [-0.3, -0.25) is 9.78 Å². The molecule has 0 aliphatic rings. The van der Waals surface area contributed by atoms with Gasteiger partial charge in [0.25, 0.3) is 5.91 Å². The van der Waals surface area contributed by atoms with E-state index in [2.05, 4.69) is 11.9 Å². The molecule has 0 unspecified atom stereocenters. The number of carbonyl (C=O) groups excluding carboxylic acids is 1. The van der Waals surface area contributed by atoms with Gasteiger partial charge in [-0.05, 0) is 18.6 Å². The minimum Gasteiger partial charge on any atom is -0.340 e. The number of aromatic nitrogens is 3. The number of rotatable bonds is 6. The molecule has 0 spiro atoms. The zero-order valence-corrected chi connectivity index (χ0v) is 14.6. The number of imidazole rings is 1. The van der Waals surface area contributed by atoms with Crippen LogP contribution in [0.1, 0.15) is 29.5 Å². The summed E-state index contributed by atoms with van der Waals surface area (Å²) in [5, 5.41) is 0. The van der Waals surface area contributed by atoms with E-state index >= 15 is 0 Å². The lowest BCUT2D eigenvalue weighted by Gasteiger charge is -2.21. The quantitative estimate of drug-likeness (QED) is 0.693. The Morgan fingerprint density at radius 1 is 1.12 bits per heavy atom. The molecule has 0 bridgehead atoms. The average molecular weight is 334 g/mol. The largest absolute Gasteiger partial charge is 0.340 e. The van der Waals surface area contributed by atoms with Gasteiger partial charge in [-0.25, -0.2) is 4.98 Å². The summed E-state index contributed by atoms with van der Waals surface area (Å²) in [5.41, 5.74) is 3.33. The monoisotopic (exact) mass is 334 g/mol. The van der Waals surface area contributed by atoms with Gasteiger partial charge in [0.15, 0.2) is 0 Å². The van der Waals surface area contributed by atoms with Crippen LogP contribution in [0, 0.1) is 0 Å². The second-order valence-corrected chi connectivity index (χ2v) is 6.03. The number of aryl methyl sites for hydroxylation is 1. The second-order valence-electron chi connectivity index (χ2n) is 6.03. The fourth-order valence-electron chi connectivity index (χ4n) is 2.74. The van der Waals surface area contributed by atoms with Crippen molar-refractivity contribution in [3.63, 3.8) is 0 Å². The molecule has 5 nitrogen and oxygen atoms in total. The van der Waals surface area contributed by atoms with Gasteiger partial charge in [-0.2, -0.15) is 0 Å². The van der Waals surface area contributed by atoms with Crippen LogP contribution in [-0.4, -0.2) is 31.9 Å². The number of hydrogen-bond acceptors (Lipinski definition) is 3. The fraction of sp³-hybridized carbons (Fsp3) is 0.250. The van der Waals surface area contributed by atoms with E-state index in [1.165, 1.54) is 0 Å². The first-order valence-corrected chi connectivity index (χ1v) is 8.46. The van der Waals surface area contributed by atoms with Gasteiger partial charge in [-0.1, -0.05) is 43.3 Å². The van der Waals surface area contributed by atoms with Crippen LogP contribution in [-0.2, 0) is 13.6 Å². The number of carbonyl (C=O) groups is 1. The zero-order chi connectivity index (χ0) is 17.6. The molecular formula is C20H22N4O. The normalized spacial score (nSPS) is 10.6. The standard InChI is InChI=1S/C20H22N4O/c1-3-12-24(20(25)19-14-23(2)15-21-19)13-17-10-7-11-18(22-17)16-8-5-4-6-9-16/h4-11,14-15H,3,12-13H2,1-2H3. The Kier molecular flexibility index (Phi) is 5.23. The van der Waals surface area contributed by atoms with Crippen LogP contribution in [0.2, 0.25) is 0 Å². The summed E-state index contributed by atoms with van der Waals surface area (Å²) in [6, 6.07) is 16.0. The van der Waals surface area contributed by atoms with E-state index in [9.17, 15) is 4.79 Å². The second kappa shape index (κ2) is 7.75. The number of nitrogens with zero attached hydrogens (tertiary/aromatic N) is 4. The van der Waals surface area contributed by atoms with E-state index in [1.54, 1.807) is 22.0 Å². The van der Waals surface area contributed by atoms with Gasteiger partial charge in [0.05, 0.1) is 24.3 Å². The molecule has 128 valence electrons. The molecule has 5 heteroatoms. The highest BCUT2D eigenvalue weighted by Crippen LogP contribution is 2.17. The van der Waals surface area contributed by atoms with Crippen LogP contribution in [0.5, 0.6) is 0 Å². The van der Waals surface area contributed by atoms with E-state index < -0.39 is 0 Å². The van der Waals surface area contributed by atoms with Crippen LogP contribution in [0.25, 0.3) is 11.3 Å². The first-order valence-electron chi connectivity index (χ1n) is 8.46. The molecule has 2 heterocycles. The van der Waals surface area contributed by atoms with Crippen molar-refractivity contribution in [1.82, 2.24) is 19.4 Å². The van der Waals surface area contributed by atoms with Crippen LogP contribution in [0.4, 0.5) is 0 Å². The van der Waals surface area contributed by atoms with E-state index in [4.69, 9.17) is 4.98 Å². The van der Waals surface area contributed by atoms with Gasteiger partial charge < -0.3 is 9.47 Å². The lowest BCUT2D eigenvalue weighted by molar-refractivity contribution is 0.0735. The number of hydrogen-bond donors (Lipinski definition) is 0. The van der Waals surface area contributed by atoms with Crippen molar-refractivity contribution < 1.29 is 4.79 Å². The van der Waals surface area contributed by atoms with E-state index in [-0.39, 0.29) is 5.91 Å². The topological polar surface area (TPSA) is 51.0 Å². The van der Waals surface area contributed by atoms with Gasteiger partial charge in [0, 0.05) is 25.4 Å². The third-order valence-corrected chi connectivity index (χ3v) is 3.93. The third kappa shape index (κ3) is 4.12. The molecule has 0 aliphatic carbocycles. The summed E-state index contributed by atoms with van der Waals surface area (Å²) in [4.78, 5) is 23.4. The van der Waals surface area contributed by atoms with Crippen molar-refractivity contribution in [2.45, 2.75) is 19.9 Å². The third-order valence-electron chi connectivity index (χ3n) is 3.93. The summed E-state index contributed by atoms with van der Waals surface area (Å²) in [6.45, 7) is 3.21. The molecule has 1 aromatic carbocycles. The van der Waals surface area contributed by atoms with Crippen molar-refractivity contribution in [3.05, 3.63) is 72.4 Å². The molecule has 0 N–H and O–H groups in total. The maximum Gasteiger partial charge on any atom is 0.274 e. The van der Waals surface area contributed by atoms with Crippen molar-refractivity contribution in [1.29, 1.82) is 0 Å². The van der Waals surface area contributed by atoms with E-state index in [0.717, 1.165) is 23.4 Å². The molecule has 3 aromatic rings. The first kappa shape index (κ1) is 16.9. The van der Waals surface area contributed by atoms with Gasteiger partial charge in [0.1, 0.15) is 5.69 Å². The SMILES string of the molecule is CCCN(Cc1cccc(-c2ccccc2)n1)C(=O)c1cn(C)cn1. The number of pyridine rings is 1. The predicted molar refractivity (Wildman–Crippen MR) is 97.9 cm³/mol. The Hall–Kier alpha value is -2.95. The Morgan fingerprint density at radius 3 is 2.60 bits per heavy atom. The molecule has 1 amide bonds. The Morgan fingerprint density at radius 2 is 1.92 bits per heavy atom. The van der Waals surface area contributed by atoms with Crippen LogP contribution in [0.15, 0.2) is 61.1 Å². The highest BCUT2D eigenvalue weighted by molar-refractivity contribution is 5.92. The Labute approximate surface area is 148 Å². The lowest BCUT2D eigenvalue weighted by Crippen LogP contribution is -2.32. The molecule has 0 saturated heterocycles. The molecule has 0 radical (unpaired) electrons. The summed E-state index contributed by atoms with van der Waals surface area (Å²) in [6.07, 6.45) is 4.28. The van der Waals surface area contributed by atoms with Crippen molar-refractivity contribution >= 4 is 5.91 Å². The van der Waals surface area contributed by atoms with Gasteiger partial charge >= 0.3 is 0 Å². The summed E-state index contributed by atoms with van der Waals surface area (Å²) in [5.74, 6) is -0.0608. The maximum absolute atomic E-state index is 12.7. The minimum absolute atomic E-state index is 0.0608. The van der Waals surface area contributed by atoms with Gasteiger partial charge in [0.2, 0.25) is 0 Å². The Bertz CT molecular complexity index is 842. The molecule has 0 aliphatic heterocycles. The molecule has 25 heavy (non-hydrogen) atoms. The maximum atomic E-state index is 12.7. The summed E-state index contributed by atoms with van der Waals surface area (Å²) in [7, 11) is 1.86. The van der Waals surface area contributed by atoms with E-state index in [1.807, 2.05) is 55.6 Å². The number of amides is 1. The molecule has 2 aromatic heterocycles. The van der Waals surface area contributed by atoms with Crippen molar-refractivity contribution in [3.8, 4) is 11.3 Å². The first-order chi connectivity index (χ1) is 12.2. The highest BCUT2D eigenvalue weighted by Gasteiger charge is 2.18. The summed E-state index contributed by atoms with van der Waals surface area (Å²) >= 11 is 0. The van der Waals surface area contributed by atoms with Crippen molar-refractivity contribution in [2.75, 3.05) is 6.54 Å². The average Bonchev–Trinajstić information content (AvgIpc) is 3.08. The molecular weight excluding hydrogens is 312 g/mol. The lowest BCUT2D eigenvalue weighted by atomic mass is 10.1. The Balaban J connectivity index is 1.82. The van der Waals surface area contributed by atoms with Crippen LogP contribution in [0.3, 0.4) is 0 Å². The summed E-state index contributed by atoms with van der Waals surface area (Å²) < 4.78 is 1.78. The fourth-order valence-corrected chi connectivity index (χ4v) is 2.74. The zero-order valence-electron chi connectivity index (χ0n) is 14.6. The van der Waals surface area contributed by atoms with Crippen LogP contribution >= 0.6 is 0 Å². The highest BCUT2D eigenvalue weighted by atomic mass is 16.2. The van der Waals surface area contributed by atoms with E-state index in [0.29, 0.717) is 18.8 Å². The van der Waals surface area contributed by atoms with Crippen molar-refractivity contribution in [2.24, 2.45) is 7.05 Å². The van der Waals surface area contributed by atoms with Gasteiger partial charge in [-0.15, -0.1) is 0 Å². The molecule has 0 saturated carbocycles. The smallest absolute Gasteiger partial charge is 0.274 e. The minimum atomic E-state index is -0.0608. The molecule has 0 fully saturated rings.